The summed E-state index contributed by atoms with van der Waals surface area (Å²) in [6.07, 6.45) is -3.92. The smallest absolute Gasteiger partial charge is 0.457 e. The maximum Gasteiger partial charge on any atom is 0.469 e. The fourth-order valence-electron chi connectivity index (χ4n) is 3.75. The van der Waals surface area contributed by atoms with Crippen molar-refractivity contribution in [3.8, 4) is 11.5 Å². The molecule has 5 N–H and O–H groups in total. The minimum absolute atomic E-state index is 0.169. The molecule has 1 unspecified atom stereocenters. The summed E-state index contributed by atoms with van der Waals surface area (Å²) in [5.41, 5.74) is 4.44. The molecule has 1 heterocycles. The Labute approximate surface area is 218 Å². The lowest BCUT2D eigenvalue weighted by Crippen LogP contribution is -2.48. The Morgan fingerprint density at radius 2 is 1.61 bits per heavy atom. The van der Waals surface area contributed by atoms with Gasteiger partial charge in [0.05, 0.1) is 24.3 Å². The van der Waals surface area contributed by atoms with Crippen molar-refractivity contribution in [2.45, 2.75) is 24.6 Å². The Hall–Kier alpha value is -2.83. The van der Waals surface area contributed by atoms with Gasteiger partial charge in [-0.1, -0.05) is 6.07 Å². The molecule has 0 amide bonds. The number of alkyl halides is 3. The third-order valence-electron chi connectivity index (χ3n) is 5.87. The van der Waals surface area contributed by atoms with Gasteiger partial charge in [0.1, 0.15) is 11.5 Å². The first-order chi connectivity index (χ1) is 17.8. The third kappa shape index (κ3) is 6.78. The van der Waals surface area contributed by atoms with Crippen LogP contribution in [0.2, 0.25) is 0 Å². The van der Waals surface area contributed by atoms with E-state index in [2.05, 4.69) is 4.52 Å². The first-order valence-electron chi connectivity index (χ1n) is 11.2. The predicted molar refractivity (Wildman–Crippen MR) is 137 cm³/mol. The summed E-state index contributed by atoms with van der Waals surface area (Å²) in [5, 5.41) is 10.5. The summed E-state index contributed by atoms with van der Waals surface area (Å²) in [6, 6.07) is 14.3. The van der Waals surface area contributed by atoms with Crippen LogP contribution in [0.4, 0.5) is 13.2 Å². The molecule has 0 saturated carbocycles. The zero-order chi connectivity index (χ0) is 27.7. The number of aliphatic hydroxyl groups is 1. The number of ether oxygens (including phenoxy) is 1. The molecule has 4 rings (SSSR count). The number of fused-ring (bicyclic) bond motifs is 2. The van der Waals surface area contributed by atoms with Gasteiger partial charge in [-0.05, 0) is 73.0 Å². The second-order valence-electron chi connectivity index (χ2n) is 8.83. The van der Waals surface area contributed by atoms with E-state index in [-0.39, 0.29) is 17.6 Å². The van der Waals surface area contributed by atoms with E-state index in [0.717, 1.165) is 17.7 Å². The van der Waals surface area contributed by atoms with Gasteiger partial charge in [0.15, 0.2) is 5.43 Å². The molecule has 38 heavy (non-hydrogen) atoms. The minimum Gasteiger partial charge on any atom is -0.457 e. The van der Waals surface area contributed by atoms with E-state index in [1.54, 1.807) is 30.3 Å². The highest BCUT2D eigenvalue weighted by Crippen LogP contribution is 2.37. The molecule has 0 aliphatic carbocycles. The van der Waals surface area contributed by atoms with Gasteiger partial charge in [0, 0.05) is 20.2 Å². The van der Waals surface area contributed by atoms with Crippen molar-refractivity contribution in [3.05, 3.63) is 82.0 Å². The Morgan fingerprint density at radius 1 is 0.921 bits per heavy atom. The molecule has 0 radical (unpaired) electrons. The number of benzene rings is 3. The summed E-state index contributed by atoms with van der Waals surface area (Å²) in [5.74, 6) is 0.502. The fraction of sp³-hybridized carbons (Fsp3) is 0.240. The van der Waals surface area contributed by atoms with E-state index < -0.39 is 38.3 Å². The van der Waals surface area contributed by atoms with Gasteiger partial charge in [-0.25, -0.2) is 4.57 Å². The van der Waals surface area contributed by atoms with E-state index in [1.807, 2.05) is 6.07 Å². The quantitative estimate of drug-likeness (QED) is 0.164. The maximum atomic E-state index is 13.2. The van der Waals surface area contributed by atoms with Crippen LogP contribution in [0.3, 0.4) is 0 Å². The summed E-state index contributed by atoms with van der Waals surface area (Å²) in [7, 11) is -4.74. The molecule has 0 fully saturated rings. The number of phosphoric acid groups is 1. The summed E-state index contributed by atoms with van der Waals surface area (Å²) >= 11 is 1.36. The van der Waals surface area contributed by atoms with Crippen molar-refractivity contribution >= 4 is 39.3 Å². The van der Waals surface area contributed by atoms with Crippen LogP contribution in [-0.2, 0) is 21.7 Å². The minimum atomic E-state index is -4.74. The topological polar surface area (TPSA) is 139 Å². The first-order valence-corrected chi connectivity index (χ1v) is 13.6. The van der Waals surface area contributed by atoms with Crippen LogP contribution in [0.15, 0.2) is 65.5 Å². The van der Waals surface area contributed by atoms with Crippen LogP contribution < -0.4 is 15.9 Å². The summed E-state index contributed by atoms with van der Waals surface area (Å²) in [6.45, 7) is -1.08. The summed E-state index contributed by atoms with van der Waals surface area (Å²) < 4.78 is 60.8. The standard InChI is InChI=1S/C25H23F3NO7PS/c26-25(27,28)16-2-4-17(5-3-16)36-18-6-8-21-20(12-18)23(31)19-7-1-15(11-22(19)38-21)9-10-24(29,13-30)14-35-37(32,33)34/h1-8,11-12,30H,9-10,13-14,29H2,(H2,32,33,34). The average Bonchev–Trinajstić information content (AvgIpc) is 2.86. The molecule has 13 heteroatoms. The molecule has 3 aromatic carbocycles. The van der Waals surface area contributed by atoms with Crippen LogP contribution in [0.1, 0.15) is 17.5 Å². The molecular weight excluding hydrogens is 546 g/mol. The molecule has 0 spiro atoms. The molecule has 0 bridgehead atoms. The molecule has 0 aliphatic rings. The van der Waals surface area contributed by atoms with Crippen LogP contribution in [0.25, 0.3) is 20.2 Å². The van der Waals surface area contributed by atoms with Gasteiger partial charge in [0.25, 0.3) is 0 Å². The number of hydrogen-bond acceptors (Lipinski definition) is 7. The van der Waals surface area contributed by atoms with Crippen molar-refractivity contribution in [3.63, 3.8) is 0 Å². The monoisotopic (exact) mass is 569 g/mol. The van der Waals surface area contributed by atoms with Gasteiger partial charge in [-0.2, -0.15) is 13.2 Å². The van der Waals surface area contributed by atoms with Crippen LogP contribution in [-0.4, -0.2) is 33.6 Å². The van der Waals surface area contributed by atoms with E-state index >= 15 is 0 Å². The van der Waals surface area contributed by atoms with Crippen molar-refractivity contribution in [2.24, 2.45) is 5.73 Å². The van der Waals surface area contributed by atoms with Crippen molar-refractivity contribution in [1.29, 1.82) is 0 Å². The Bertz CT molecular complexity index is 1570. The predicted octanol–water partition coefficient (Wildman–Crippen LogP) is 4.96. The maximum absolute atomic E-state index is 13.2. The fourth-order valence-corrected chi connectivity index (χ4v) is 5.29. The van der Waals surface area contributed by atoms with E-state index in [9.17, 15) is 27.6 Å². The molecule has 8 nitrogen and oxygen atoms in total. The molecule has 4 aromatic rings. The number of aliphatic hydroxyl groups excluding tert-OH is 1. The summed E-state index contributed by atoms with van der Waals surface area (Å²) in [4.78, 5) is 31.0. The largest absolute Gasteiger partial charge is 0.469 e. The normalized spacial score (nSPS) is 14.1. The van der Waals surface area contributed by atoms with E-state index in [4.69, 9.17) is 20.3 Å². The van der Waals surface area contributed by atoms with Gasteiger partial charge in [-0.3, -0.25) is 9.32 Å². The number of phosphoric ester groups is 1. The number of rotatable bonds is 9. The number of halogens is 3. The zero-order valence-electron chi connectivity index (χ0n) is 19.6. The third-order valence-corrected chi connectivity index (χ3v) is 7.47. The highest BCUT2D eigenvalue weighted by molar-refractivity contribution is 7.46. The lowest BCUT2D eigenvalue weighted by molar-refractivity contribution is -0.137. The SMILES string of the molecule is NC(CO)(CCc1ccc2c(=O)c3cc(Oc4ccc(C(F)(F)F)cc4)ccc3sc2c1)COP(=O)(O)O. The van der Waals surface area contributed by atoms with Crippen LogP contribution in [0, 0.1) is 0 Å². The Balaban J connectivity index is 1.55. The zero-order valence-corrected chi connectivity index (χ0v) is 21.4. The van der Waals surface area contributed by atoms with E-state index in [0.29, 0.717) is 32.3 Å². The van der Waals surface area contributed by atoms with Crippen LogP contribution >= 0.6 is 19.2 Å². The van der Waals surface area contributed by atoms with Gasteiger partial charge in [-0.15, -0.1) is 11.3 Å². The second-order valence-corrected chi connectivity index (χ2v) is 11.2. The molecule has 1 aromatic heterocycles. The van der Waals surface area contributed by atoms with Gasteiger partial charge >= 0.3 is 14.0 Å². The van der Waals surface area contributed by atoms with Crippen molar-refractivity contribution in [2.75, 3.05) is 13.2 Å². The molecule has 1 atom stereocenters. The van der Waals surface area contributed by atoms with Crippen molar-refractivity contribution < 1.29 is 41.9 Å². The van der Waals surface area contributed by atoms with Gasteiger partial charge in [0.2, 0.25) is 0 Å². The van der Waals surface area contributed by atoms with Gasteiger partial charge < -0.3 is 25.4 Å². The number of nitrogens with two attached hydrogens (primary N) is 1. The highest BCUT2D eigenvalue weighted by Gasteiger charge is 2.30. The molecule has 0 saturated heterocycles. The van der Waals surface area contributed by atoms with E-state index in [1.165, 1.54) is 23.5 Å². The molecule has 0 aliphatic heterocycles. The first kappa shape index (κ1) is 28.2. The lowest BCUT2D eigenvalue weighted by Gasteiger charge is -2.27. The number of hydrogen-bond donors (Lipinski definition) is 4. The molecular formula is C25H23F3NO7PS. The Kier molecular flexibility index (Phi) is 7.96. The second kappa shape index (κ2) is 10.7. The average molecular weight is 569 g/mol. The Morgan fingerprint density at radius 3 is 2.24 bits per heavy atom. The van der Waals surface area contributed by atoms with Crippen LogP contribution in [0.5, 0.6) is 11.5 Å². The number of aryl methyl sites for hydroxylation is 1. The highest BCUT2D eigenvalue weighted by atomic mass is 32.1. The lowest BCUT2D eigenvalue weighted by atomic mass is 9.94. The van der Waals surface area contributed by atoms with Crippen molar-refractivity contribution in [1.82, 2.24) is 0 Å². The molecule has 202 valence electrons.